The fourth-order valence-corrected chi connectivity index (χ4v) is 5.73. The lowest BCUT2D eigenvalue weighted by Crippen LogP contribution is -2.29. The number of nitrogens with zero attached hydrogens (tertiary/aromatic N) is 2. The van der Waals surface area contributed by atoms with E-state index in [1.54, 1.807) is 0 Å². The molecule has 1 N–H and O–H groups in total. The third-order valence-corrected chi connectivity index (χ3v) is 6.46. The fourth-order valence-electron chi connectivity index (χ4n) is 1.61. The molecule has 1 unspecified atom stereocenters. The van der Waals surface area contributed by atoms with Crippen LogP contribution in [0, 0.1) is 0 Å². The SMILES string of the molecule is O=S1(=O)CCC(S(=O)(=O)Nc2ccc(Cl)nn2)C1. The molecule has 1 aliphatic rings. The van der Waals surface area contributed by atoms with E-state index in [1.807, 2.05) is 0 Å². The van der Waals surface area contributed by atoms with Gasteiger partial charge in [0.1, 0.15) is 0 Å². The third kappa shape index (κ3) is 3.09. The van der Waals surface area contributed by atoms with Crippen molar-refractivity contribution in [1.29, 1.82) is 0 Å². The van der Waals surface area contributed by atoms with Crippen molar-refractivity contribution in [3.05, 3.63) is 17.3 Å². The van der Waals surface area contributed by atoms with E-state index in [9.17, 15) is 16.8 Å². The molecule has 2 rings (SSSR count). The standard InChI is InChI=1S/C8H10ClN3O4S2/c9-7-1-2-8(11-10-7)12-18(15,16)6-3-4-17(13,14)5-6/h1-2,6H,3-5H2,(H,11,12). The molecule has 1 aromatic rings. The summed E-state index contributed by atoms with van der Waals surface area (Å²) in [5, 5.41) is 6.23. The van der Waals surface area contributed by atoms with Gasteiger partial charge in [0.25, 0.3) is 0 Å². The molecule has 0 saturated carbocycles. The van der Waals surface area contributed by atoms with Crippen LogP contribution < -0.4 is 4.72 Å². The van der Waals surface area contributed by atoms with Gasteiger partial charge in [0, 0.05) is 0 Å². The van der Waals surface area contributed by atoms with Crippen LogP contribution in [0.1, 0.15) is 6.42 Å². The Balaban J connectivity index is 2.15. The minimum Gasteiger partial charge on any atom is -0.266 e. The molecule has 1 aromatic heterocycles. The van der Waals surface area contributed by atoms with E-state index in [4.69, 9.17) is 11.6 Å². The predicted octanol–water partition coefficient (Wildman–Crippen LogP) is 0.0588. The van der Waals surface area contributed by atoms with Gasteiger partial charge in [-0.1, -0.05) is 11.6 Å². The van der Waals surface area contributed by atoms with Crippen LogP contribution in [0.4, 0.5) is 5.82 Å². The number of aromatic nitrogens is 2. The third-order valence-electron chi connectivity index (χ3n) is 2.51. The Bertz CT molecular complexity index is 641. The Morgan fingerprint density at radius 1 is 1.33 bits per heavy atom. The molecule has 0 aliphatic carbocycles. The van der Waals surface area contributed by atoms with Crippen molar-refractivity contribution in [2.75, 3.05) is 16.2 Å². The van der Waals surface area contributed by atoms with Crippen LogP contribution in [0.2, 0.25) is 5.15 Å². The average molecular weight is 312 g/mol. The number of anilines is 1. The zero-order valence-electron chi connectivity index (χ0n) is 9.08. The van der Waals surface area contributed by atoms with E-state index < -0.39 is 25.1 Å². The summed E-state index contributed by atoms with van der Waals surface area (Å²) in [5.74, 6) is -0.447. The molecule has 10 heteroatoms. The van der Waals surface area contributed by atoms with Gasteiger partial charge in [-0.25, -0.2) is 16.8 Å². The largest absolute Gasteiger partial charge is 0.266 e. The molecular weight excluding hydrogens is 302 g/mol. The number of rotatable bonds is 3. The summed E-state index contributed by atoms with van der Waals surface area (Å²) in [5.41, 5.74) is 0. The van der Waals surface area contributed by atoms with Gasteiger partial charge in [0.2, 0.25) is 10.0 Å². The second-order valence-electron chi connectivity index (χ2n) is 3.91. The van der Waals surface area contributed by atoms with Crippen molar-refractivity contribution in [1.82, 2.24) is 10.2 Å². The van der Waals surface area contributed by atoms with E-state index in [-0.39, 0.29) is 28.9 Å². The first-order chi connectivity index (χ1) is 8.28. The molecule has 2 heterocycles. The Labute approximate surface area is 110 Å². The lowest BCUT2D eigenvalue weighted by molar-refractivity contribution is 0.587. The number of sulfone groups is 1. The lowest BCUT2D eigenvalue weighted by atomic mass is 10.4. The van der Waals surface area contributed by atoms with Gasteiger partial charge in [-0.05, 0) is 18.6 Å². The lowest BCUT2D eigenvalue weighted by Gasteiger charge is -2.11. The van der Waals surface area contributed by atoms with Crippen molar-refractivity contribution in [2.24, 2.45) is 0 Å². The van der Waals surface area contributed by atoms with Gasteiger partial charge in [-0.15, -0.1) is 10.2 Å². The summed E-state index contributed by atoms with van der Waals surface area (Å²) in [6.45, 7) is 0. The maximum atomic E-state index is 11.9. The molecular formula is C8H10ClN3O4S2. The Morgan fingerprint density at radius 3 is 2.56 bits per heavy atom. The highest BCUT2D eigenvalue weighted by molar-refractivity contribution is 7.97. The highest BCUT2D eigenvalue weighted by Gasteiger charge is 2.37. The fraction of sp³-hybridized carbons (Fsp3) is 0.500. The first-order valence-corrected chi connectivity index (χ1v) is 8.74. The maximum absolute atomic E-state index is 11.9. The zero-order chi connectivity index (χ0) is 13.4. The van der Waals surface area contributed by atoms with Crippen molar-refractivity contribution >= 4 is 37.3 Å². The first-order valence-electron chi connectivity index (χ1n) is 5.00. The van der Waals surface area contributed by atoms with E-state index in [2.05, 4.69) is 14.9 Å². The molecule has 0 spiro atoms. The summed E-state index contributed by atoms with van der Waals surface area (Å²) >= 11 is 5.52. The predicted molar refractivity (Wildman–Crippen MR) is 66.6 cm³/mol. The van der Waals surface area contributed by atoms with Crippen LogP contribution >= 0.6 is 11.6 Å². The first kappa shape index (κ1) is 13.5. The van der Waals surface area contributed by atoms with E-state index in [0.29, 0.717) is 0 Å². The summed E-state index contributed by atoms with van der Waals surface area (Å²) in [6, 6.07) is 2.74. The number of hydrogen-bond donors (Lipinski definition) is 1. The van der Waals surface area contributed by atoms with Crippen LogP contribution in [0.15, 0.2) is 12.1 Å². The van der Waals surface area contributed by atoms with Crippen LogP contribution in [-0.4, -0.2) is 43.8 Å². The summed E-state index contributed by atoms with van der Waals surface area (Å²) in [4.78, 5) is 0. The zero-order valence-corrected chi connectivity index (χ0v) is 11.5. The quantitative estimate of drug-likeness (QED) is 0.846. The minimum atomic E-state index is -3.77. The van der Waals surface area contributed by atoms with Crippen molar-refractivity contribution in [3.8, 4) is 0 Å². The molecule has 100 valence electrons. The maximum Gasteiger partial charge on any atom is 0.237 e. The smallest absolute Gasteiger partial charge is 0.237 e. The summed E-state index contributed by atoms with van der Waals surface area (Å²) < 4.78 is 48.5. The molecule has 0 radical (unpaired) electrons. The molecule has 1 saturated heterocycles. The van der Waals surface area contributed by atoms with Crippen LogP contribution in [0.25, 0.3) is 0 Å². The Kier molecular flexibility index (Phi) is 3.47. The number of halogens is 1. The second kappa shape index (κ2) is 4.63. The Hall–Kier alpha value is -0.930. The average Bonchev–Trinajstić information content (AvgIpc) is 2.63. The number of sulfonamides is 1. The molecule has 1 fully saturated rings. The molecule has 1 aliphatic heterocycles. The highest BCUT2D eigenvalue weighted by atomic mass is 35.5. The molecule has 0 aromatic carbocycles. The number of hydrogen-bond acceptors (Lipinski definition) is 6. The Morgan fingerprint density at radius 2 is 2.06 bits per heavy atom. The molecule has 18 heavy (non-hydrogen) atoms. The normalized spacial score (nSPS) is 22.8. The van der Waals surface area contributed by atoms with Gasteiger partial charge < -0.3 is 0 Å². The van der Waals surface area contributed by atoms with Crippen molar-refractivity contribution in [2.45, 2.75) is 11.7 Å². The van der Waals surface area contributed by atoms with Gasteiger partial charge in [0.15, 0.2) is 20.8 Å². The highest BCUT2D eigenvalue weighted by Crippen LogP contribution is 2.20. The van der Waals surface area contributed by atoms with E-state index in [1.165, 1.54) is 12.1 Å². The molecule has 1 atom stereocenters. The van der Waals surface area contributed by atoms with Crippen LogP contribution in [-0.2, 0) is 19.9 Å². The monoisotopic (exact) mass is 311 g/mol. The van der Waals surface area contributed by atoms with Crippen molar-refractivity contribution < 1.29 is 16.8 Å². The molecule has 0 bridgehead atoms. The van der Waals surface area contributed by atoms with E-state index >= 15 is 0 Å². The molecule has 7 nitrogen and oxygen atoms in total. The number of nitrogens with one attached hydrogen (secondary N) is 1. The summed E-state index contributed by atoms with van der Waals surface area (Å²) in [6.07, 6.45) is 0.0959. The van der Waals surface area contributed by atoms with Gasteiger partial charge in [0.05, 0.1) is 16.8 Å². The van der Waals surface area contributed by atoms with Crippen LogP contribution in [0.3, 0.4) is 0 Å². The summed E-state index contributed by atoms with van der Waals surface area (Å²) in [7, 11) is -7.03. The van der Waals surface area contributed by atoms with Gasteiger partial charge in [-0.2, -0.15) is 0 Å². The second-order valence-corrected chi connectivity index (χ2v) is 8.49. The topological polar surface area (TPSA) is 106 Å². The minimum absolute atomic E-state index is 0.0173. The van der Waals surface area contributed by atoms with Gasteiger partial charge >= 0.3 is 0 Å². The van der Waals surface area contributed by atoms with E-state index in [0.717, 1.165) is 0 Å². The van der Waals surface area contributed by atoms with Crippen LogP contribution in [0.5, 0.6) is 0 Å². The van der Waals surface area contributed by atoms with Gasteiger partial charge in [-0.3, -0.25) is 4.72 Å². The van der Waals surface area contributed by atoms with Crippen molar-refractivity contribution in [3.63, 3.8) is 0 Å². The molecule has 0 amide bonds.